The zero-order chi connectivity index (χ0) is 16.9. The molecular weight excluding hydrogens is 313 g/mol. The van der Waals surface area contributed by atoms with Crippen LogP contribution in [0.15, 0.2) is 36.5 Å². The van der Waals surface area contributed by atoms with E-state index in [0.717, 1.165) is 36.7 Å². The van der Waals surface area contributed by atoms with Gasteiger partial charge in [-0.25, -0.2) is 0 Å². The summed E-state index contributed by atoms with van der Waals surface area (Å²) >= 11 is 0. The number of aromatic nitrogens is 2. The molecule has 0 aliphatic carbocycles. The molecular formula is C19H17F3N2. The molecule has 0 atom stereocenters. The number of aryl methyl sites for hydroxylation is 3. The third-order valence-electron chi connectivity index (χ3n) is 4.77. The Morgan fingerprint density at radius 3 is 2.79 bits per heavy atom. The zero-order valence-corrected chi connectivity index (χ0v) is 13.3. The molecule has 0 bridgehead atoms. The molecule has 24 heavy (non-hydrogen) atoms. The molecule has 1 aliphatic heterocycles. The van der Waals surface area contributed by atoms with Crippen molar-refractivity contribution in [2.75, 3.05) is 0 Å². The number of hydrogen-bond donors (Lipinski definition) is 0. The fraction of sp³-hybridized carbons (Fsp3) is 0.316. The lowest BCUT2D eigenvalue weighted by atomic mass is 10.0. The Labute approximate surface area is 137 Å². The number of rotatable bonds is 4. The van der Waals surface area contributed by atoms with E-state index in [1.807, 2.05) is 12.3 Å². The molecule has 4 rings (SSSR count). The lowest BCUT2D eigenvalue weighted by Gasteiger charge is -2.09. The minimum atomic E-state index is -4.28. The number of hydrogen-bond acceptors (Lipinski definition) is 1. The van der Waals surface area contributed by atoms with Crippen molar-refractivity contribution in [3.05, 3.63) is 64.6 Å². The van der Waals surface area contributed by atoms with Gasteiger partial charge in [0.1, 0.15) is 0 Å². The second-order valence-corrected chi connectivity index (χ2v) is 6.36. The topological polar surface area (TPSA) is 17.8 Å². The van der Waals surface area contributed by atoms with Crippen LogP contribution in [0.5, 0.6) is 0 Å². The molecule has 0 saturated carbocycles. The maximum absolute atomic E-state index is 12.8. The van der Waals surface area contributed by atoms with Gasteiger partial charge in [-0.3, -0.25) is 4.98 Å². The lowest BCUT2D eigenvalue weighted by Crippen LogP contribution is -2.05. The van der Waals surface area contributed by atoms with Crippen LogP contribution in [0.25, 0.3) is 10.9 Å². The first-order valence-electron chi connectivity index (χ1n) is 8.07. The number of alkyl halides is 3. The van der Waals surface area contributed by atoms with E-state index >= 15 is 0 Å². The van der Waals surface area contributed by atoms with E-state index < -0.39 is 11.7 Å². The SMILES string of the molecule is Cc1c2n(c3ccnc(CCCc4cccc(C(F)(F)F)c4)c13)C2. The Bertz CT molecular complexity index is 922. The summed E-state index contributed by atoms with van der Waals surface area (Å²) < 4.78 is 40.6. The van der Waals surface area contributed by atoms with Gasteiger partial charge in [-0.05, 0) is 49.4 Å². The smallest absolute Gasteiger partial charge is 0.337 e. The summed E-state index contributed by atoms with van der Waals surface area (Å²) in [4.78, 5) is 4.50. The molecule has 3 aromatic rings. The average Bonchev–Trinajstić information content (AvgIpc) is 3.29. The van der Waals surface area contributed by atoms with E-state index in [1.54, 1.807) is 6.07 Å². The molecule has 0 spiro atoms. The van der Waals surface area contributed by atoms with Gasteiger partial charge in [0.15, 0.2) is 0 Å². The third kappa shape index (κ3) is 2.58. The Hall–Kier alpha value is -2.30. The number of nitrogens with zero attached hydrogens (tertiary/aromatic N) is 2. The second-order valence-electron chi connectivity index (χ2n) is 6.36. The fourth-order valence-corrected chi connectivity index (χ4v) is 3.49. The van der Waals surface area contributed by atoms with Crippen LogP contribution < -0.4 is 0 Å². The zero-order valence-electron chi connectivity index (χ0n) is 13.3. The van der Waals surface area contributed by atoms with Crippen molar-refractivity contribution in [2.45, 2.75) is 38.9 Å². The maximum Gasteiger partial charge on any atom is 0.416 e. The van der Waals surface area contributed by atoms with Crippen LogP contribution in [0, 0.1) is 6.92 Å². The standard InChI is InChI=1S/C19H17F3N2/c1-12-17-11-24(17)16-8-9-23-15(18(12)16)7-3-5-13-4-2-6-14(10-13)19(20,21)22/h2,4,6,8-10H,3,5,7,11H2,1H3. The van der Waals surface area contributed by atoms with Crippen molar-refractivity contribution >= 4 is 10.9 Å². The van der Waals surface area contributed by atoms with Crippen molar-refractivity contribution in [2.24, 2.45) is 0 Å². The highest BCUT2D eigenvalue weighted by Gasteiger charge is 2.30. The van der Waals surface area contributed by atoms with Crippen LogP contribution in [-0.4, -0.2) is 9.55 Å². The van der Waals surface area contributed by atoms with E-state index in [-0.39, 0.29) is 0 Å². The largest absolute Gasteiger partial charge is 0.416 e. The van der Waals surface area contributed by atoms with Crippen molar-refractivity contribution < 1.29 is 13.2 Å². The molecule has 0 amide bonds. The van der Waals surface area contributed by atoms with Crippen LogP contribution in [0.2, 0.25) is 0 Å². The predicted octanol–water partition coefficient (Wildman–Crippen LogP) is 4.90. The first-order valence-corrected chi connectivity index (χ1v) is 8.07. The van der Waals surface area contributed by atoms with Crippen molar-refractivity contribution in [3.63, 3.8) is 0 Å². The molecule has 1 aromatic carbocycles. The van der Waals surface area contributed by atoms with E-state index in [2.05, 4.69) is 16.5 Å². The summed E-state index contributed by atoms with van der Waals surface area (Å²) in [5.41, 5.74) is 5.10. The van der Waals surface area contributed by atoms with Crippen LogP contribution in [0.1, 0.15) is 34.5 Å². The van der Waals surface area contributed by atoms with Crippen LogP contribution in [0.3, 0.4) is 0 Å². The predicted molar refractivity (Wildman–Crippen MR) is 87.0 cm³/mol. The van der Waals surface area contributed by atoms with Gasteiger partial charge in [-0.2, -0.15) is 13.2 Å². The van der Waals surface area contributed by atoms with E-state index in [0.29, 0.717) is 6.42 Å². The molecule has 3 heterocycles. The van der Waals surface area contributed by atoms with Gasteiger partial charge in [0.25, 0.3) is 0 Å². The van der Waals surface area contributed by atoms with Crippen LogP contribution >= 0.6 is 0 Å². The van der Waals surface area contributed by atoms with Crippen molar-refractivity contribution in [3.8, 4) is 0 Å². The summed E-state index contributed by atoms with van der Waals surface area (Å²) in [6, 6.07) is 7.63. The normalized spacial score (nSPS) is 13.3. The molecule has 2 nitrogen and oxygen atoms in total. The maximum atomic E-state index is 12.8. The highest BCUT2D eigenvalue weighted by Crippen LogP contribution is 2.36. The second kappa shape index (κ2) is 5.36. The van der Waals surface area contributed by atoms with E-state index in [4.69, 9.17) is 0 Å². The first-order chi connectivity index (χ1) is 11.4. The summed E-state index contributed by atoms with van der Waals surface area (Å²) in [5, 5.41) is 1.22. The third-order valence-corrected chi connectivity index (χ3v) is 4.77. The molecule has 0 radical (unpaired) electrons. The van der Waals surface area contributed by atoms with Gasteiger partial charge >= 0.3 is 6.18 Å². The van der Waals surface area contributed by atoms with Gasteiger partial charge in [-0.1, -0.05) is 18.2 Å². The quantitative estimate of drug-likeness (QED) is 0.520. The fourth-order valence-electron chi connectivity index (χ4n) is 3.49. The average molecular weight is 330 g/mol. The van der Waals surface area contributed by atoms with Crippen LogP contribution in [-0.2, 0) is 25.6 Å². The number of pyridine rings is 1. The van der Waals surface area contributed by atoms with Gasteiger partial charge in [0.05, 0.1) is 17.6 Å². The van der Waals surface area contributed by atoms with Gasteiger partial charge in [0, 0.05) is 23.0 Å². The molecule has 2 aromatic heterocycles. The Balaban J connectivity index is 1.49. The molecule has 0 N–H and O–H groups in total. The monoisotopic (exact) mass is 330 g/mol. The Morgan fingerprint density at radius 2 is 2.00 bits per heavy atom. The highest BCUT2D eigenvalue weighted by molar-refractivity contribution is 5.89. The minimum absolute atomic E-state index is 0.577. The van der Waals surface area contributed by atoms with Crippen molar-refractivity contribution in [1.29, 1.82) is 0 Å². The molecule has 0 fully saturated rings. The van der Waals surface area contributed by atoms with E-state index in [9.17, 15) is 13.2 Å². The molecule has 0 unspecified atom stereocenters. The summed E-state index contributed by atoms with van der Waals surface area (Å²) in [5.74, 6) is 0. The summed E-state index contributed by atoms with van der Waals surface area (Å²) in [6.07, 6.45) is -0.274. The minimum Gasteiger partial charge on any atom is -0.337 e. The van der Waals surface area contributed by atoms with Crippen LogP contribution in [0.4, 0.5) is 13.2 Å². The Kier molecular flexibility index (Phi) is 3.41. The molecule has 124 valence electrons. The number of benzene rings is 1. The number of halogens is 3. The summed E-state index contributed by atoms with van der Waals surface area (Å²) in [6.45, 7) is 3.14. The van der Waals surface area contributed by atoms with E-state index in [1.165, 1.54) is 34.3 Å². The number of fused-ring (bicyclic) bond motifs is 3. The molecule has 1 aliphatic rings. The first kappa shape index (κ1) is 15.2. The van der Waals surface area contributed by atoms with Gasteiger partial charge in [-0.15, -0.1) is 0 Å². The molecule has 5 heteroatoms. The summed E-state index contributed by atoms with van der Waals surface area (Å²) in [7, 11) is 0. The highest BCUT2D eigenvalue weighted by atomic mass is 19.4. The van der Waals surface area contributed by atoms with Crippen molar-refractivity contribution in [1.82, 2.24) is 9.55 Å². The van der Waals surface area contributed by atoms with Gasteiger partial charge < -0.3 is 4.57 Å². The Morgan fingerprint density at radius 1 is 1.17 bits per heavy atom. The lowest BCUT2D eigenvalue weighted by molar-refractivity contribution is -0.137. The molecule has 0 saturated heterocycles. The van der Waals surface area contributed by atoms with Gasteiger partial charge in [0.2, 0.25) is 0 Å².